The average molecular weight is 247 g/mol. The van der Waals surface area contributed by atoms with Gasteiger partial charge in [-0.2, -0.15) is 0 Å². The summed E-state index contributed by atoms with van der Waals surface area (Å²) in [5, 5.41) is 9.96. The molecular weight excluding hydrogens is 231 g/mol. The third-order valence-corrected chi connectivity index (χ3v) is 2.96. The van der Waals surface area contributed by atoms with Gasteiger partial charge >= 0.3 is 0 Å². The molecule has 0 heterocycles. The molecule has 16 heavy (non-hydrogen) atoms. The summed E-state index contributed by atoms with van der Waals surface area (Å²) in [6.07, 6.45) is 0. The monoisotopic (exact) mass is 246 g/mol. The van der Waals surface area contributed by atoms with E-state index in [1.807, 2.05) is 13.8 Å². The number of ether oxygens (including phenoxy) is 1. The highest BCUT2D eigenvalue weighted by Gasteiger charge is 2.25. The third kappa shape index (κ3) is 3.35. The van der Waals surface area contributed by atoms with Crippen LogP contribution >= 0.6 is 11.6 Å². The van der Waals surface area contributed by atoms with Crippen LogP contribution < -0.4 is 4.74 Å². The van der Waals surface area contributed by atoms with E-state index in [2.05, 4.69) is 0 Å². The van der Waals surface area contributed by atoms with E-state index in [1.165, 1.54) is 18.2 Å². The minimum absolute atomic E-state index is 0.0155. The van der Waals surface area contributed by atoms with E-state index in [0.717, 1.165) is 0 Å². The molecule has 1 unspecified atom stereocenters. The highest BCUT2D eigenvalue weighted by molar-refractivity contribution is 6.30. The van der Waals surface area contributed by atoms with E-state index >= 15 is 0 Å². The summed E-state index contributed by atoms with van der Waals surface area (Å²) in [5.41, 5.74) is -0.916. The molecule has 0 aliphatic carbocycles. The molecule has 0 amide bonds. The van der Waals surface area contributed by atoms with Gasteiger partial charge in [0.2, 0.25) is 0 Å². The Morgan fingerprint density at radius 3 is 2.62 bits per heavy atom. The summed E-state index contributed by atoms with van der Waals surface area (Å²) >= 11 is 5.61. The summed E-state index contributed by atoms with van der Waals surface area (Å²) in [6, 6.07) is 4.12. The topological polar surface area (TPSA) is 29.5 Å². The second-order valence-corrected chi connectivity index (χ2v) is 4.78. The molecule has 0 aliphatic rings. The van der Waals surface area contributed by atoms with E-state index < -0.39 is 11.4 Å². The molecule has 0 spiro atoms. The molecule has 0 fully saturated rings. The van der Waals surface area contributed by atoms with Crippen LogP contribution in [-0.2, 0) is 0 Å². The van der Waals surface area contributed by atoms with E-state index in [0.29, 0.717) is 5.75 Å². The first-order valence-electron chi connectivity index (χ1n) is 5.13. The van der Waals surface area contributed by atoms with Crippen molar-refractivity contribution in [3.05, 3.63) is 29.0 Å². The lowest BCUT2D eigenvalue weighted by atomic mass is 9.94. The molecule has 1 atom stereocenters. The zero-order chi connectivity index (χ0) is 12.3. The first kappa shape index (κ1) is 13.3. The number of hydrogen-bond acceptors (Lipinski definition) is 2. The second-order valence-electron chi connectivity index (χ2n) is 4.38. The minimum Gasteiger partial charge on any atom is -0.491 e. The minimum atomic E-state index is -0.916. The normalized spacial score (nSPS) is 14.9. The van der Waals surface area contributed by atoms with Crippen molar-refractivity contribution in [3.8, 4) is 5.75 Å². The van der Waals surface area contributed by atoms with Gasteiger partial charge in [-0.05, 0) is 25.0 Å². The highest BCUT2D eigenvalue weighted by Crippen LogP contribution is 2.23. The predicted octanol–water partition coefficient (Wildman–Crippen LogP) is 3.26. The van der Waals surface area contributed by atoms with Crippen molar-refractivity contribution in [3.63, 3.8) is 0 Å². The van der Waals surface area contributed by atoms with Crippen LogP contribution in [0.5, 0.6) is 5.75 Å². The van der Waals surface area contributed by atoms with Crippen molar-refractivity contribution in [2.45, 2.75) is 26.4 Å². The molecule has 0 aliphatic heterocycles. The van der Waals surface area contributed by atoms with Gasteiger partial charge in [-0.15, -0.1) is 0 Å². The number of halogens is 2. The Hall–Kier alpha value is -0.800. The molecule has 1 aromatic carbocycles. The van der Waals surface area contributed by atoms with Gasteiger partial charge in [-0.1, -0.05) is 25.4 Å². The SMILES string of the molecule is CC(C)C(C)(O)COc1ccc(F)c(Cl)c1. The lowest BCUT2D eigenvalue weighted by Gasteiger charge is -2.27. The molecular formula is C12H16ClFO2. The number of benzene rings is 1. The lowest BCUT2D eigenvalue weighted by molar-refractivity contribution is -0.0266. The number of rotatable bonds is 4. The maximum atomic E-state index is 12.9. The maximum Gasteiger partial charge on any atom is 0.142 e. The molecule has 4 heteroatoms. The van der Waals surface area contributed by atoms with E-state index in [4.69, 9.17) is 16.3 Å². The first-order chi connectivity index (χ1) is 7.33. The Morgan fingerprint density at radius 1 is 1.50 bits per heavy atom. The average Bonchev–Trinajstić information content (AvgIpc) is 2.20. The Kier molecular flexibility index (Phi) is 4.16. The van der Waals surface area contributed by atoms with Gasteiger partial charge in [-0.25, -0.2) is 4.39 Å². The summed E-state index contributed by atoms with van der Waals surface area (Å²) in [5.74, 6) is 0.0420. The quantitative estimate of drug-likeness (QED) is 0.884. The molecule has 90 valence electrons. The van der Waals surface area contributed by atoms with Crippen LogP contribution in [0.3, 0.4) is 0 Å². The fraction of sp³-hybridized carbons (Fsp3) is 0.500. The molecule has 2 nitrogen and oxygen atoms in total. The molecule has 1 N–H and O–H groups in total. The maximum absolute atomic E-state index is 12.9. The van der Waals surface area contributed by atoms with Gasteiger partial charge < -0.3 is 9.84 Å². The van der Waals surface area contributed by atoms with Gasteiger partial charge in [0.05, 0.1) is 10.6 Å². The molecule has 1 rings (SSSR count). The smallest absolute Gasteiger partial charge is 0.142 e. The van der Waals surface area contributed by atoms with Crippen molar-refractivity contribution in [1.82, 2.24) is 0 Å². The molecule has 0 bridgehead atoms. The van der Waals surface area contributed by atoms with Crippen LogP contribution in [0.2, 0.25) is 5.02 Å². The summed E-state index contributed by atoms with van der Waals surface area (Å²) in [4.78, 5) is 0. The highest BCUT2D eigenvalue weighted by atomic mass is 35.5. The summed E-state index contributed by atoms with van der Waals surface area (Å²) in [7, 11) is 0. The first-order valence-corrected chi connectivity index (χ1v) is 5.51. The number of hydrogen-bond donors (Lipinski definition) is 1. The number of aliphatic hydroxyl groups is 1. The van der Waals surface area contributed by atoms with Crippen molar-refractivity contribution >= 4 is 11.6 Å². The molecule has 1 aromatic rings. The summed E-state index contributed by atoms with van der Waals surface area (Å²) in [6.45, 7) is 5.65. The van der Waals surface area contributed by atoms with Crippen molar-refractivity contribution in [1.29, 1.82) is 0 Å². The van der Waals surface area contributed by atoms with Crippen LogP contribution in [0.25, 0.3) is 0 Å². The van der Waals surface area contributed by atoms with Crippen LogP contribution in [0.1, 0.15) is 20.8 Å². The third-order valence-electron chi connectivity index (χ3n) is 2.67. The van der Waals surface area contributed by atoms with Gasteiger partial charge in [0.25, 0.3) is 0 Å². The Labute approximate surface area is 100.0 Å². The molecule has 0 saturated carbocycles. The van der Waals surface area contributed by atoms with Crippen molar-refractivity contribution in [2.75, 3.05) is 6.61 Å². The van der Waals surface area contributed by atoms with Crippen LogP contribution in [-0.4, -0.2) is 17.3 Å². The van der Waals surface area contributed by atoms with Gasteiger partial charge in [-0.3, -0.25) is 0 Å². The van der Waals surface area contributed by atoms with E-state index in [9.17, 15) is 9.50 Å². The van der Waals surface area contributed by atoms with Crippen molar-refractivity contribution < 1.29 is 14.2 Å². The fourth-order valence-electron chi connectivity index (χ4n) is 0.963. The Morgan fingerprint density at radius 2 is 2.12 bits per heavy atom. The second kappa shape index (κ2) is 5.02. The predicted molar refractivity (Wildman–Crippen MR) is 62.4 cm³/mol. The van der Waals surface area contributed by atoms with Gasteiger partial charge in [0.15, 0.2) is 0 Å². The standard InChI is InChI=1S/C12H16ClFO2/c1-8(2)12(3,15)7-16-9-4-5-11(14)10(13)6-9/h4-6,8,15H,7H2,1-3H3. The zero-order valence-corrected chi connectivity index (χ0v) is 10.4. The van der Waals surface area contributed by atoms with Gasteiger partial charge in [0.1, 0.15) is 18.2 Å². The molecule has 0 radical (unpaired) electrons. The fourth-order valence-corrected chi connectivity index (χ4v) is 1.13. The van der Waals surface area contributed by atoms with E-state index in [1.54, 1.807) is 6.92 Å². The Balaban J connectivity index is 2.65. The largest absolute Gasteiger partial charge is 0.491 e. The summed E-state index contributed by atoms with van der Waals surface area (Å²) < 4.78 is 18.2. The van der Waals surface area contributed by atoms with Crippen molar-refractivity contribution in [2.24, 2.45) is 5.92 Å². The van der Waals surface area contributed by atoms with Crippen LogP contribution in [0.15, 0.2) is 18.2 Å². The van der Waals surface area contributed by atoms with Crippen LogP contribution in [0, 0.1) is 11.7 Å². The van der Waals surface area contributed by atoms with Crippen LogP contribution in [0.4, 0.5) is 4.39 Å². The van der Waals surface area contributed by atoms with E-state index in [-0.39, 0.29) is 17.5 Å². The zero-order valence-electron chi connectivity index (χ0n) is 9.63. The Bertz CT molecular complexity index is 364. The van der Waals surface area contributed by atoms with Gasteiger partial charge in [0, 0.05) is 6.07 Å². The lowest BCUT2D eigenvalue weighted by Crippen LogP contribution is -2.37. The molecule has 0 aromatic heterocycles. The molecule has 0 saturated heterocycles.